The minimum atomic E-state index is -0.639. The average Bonchev–Trinajstić information content (AvgIpc) is 3.57. The van der Waals surface area contributed by atoms with E-state index >= 15 is 0 Å². The smallest absolute Gasteiger partial charge is 0.415 e. The number of fused-ring (bicyclic) bond motifs is 2. The van der Waals surface area contributed by atoms with E-state index in [1.54, 1.807) is 13.2 Å². The largest absolute Gasteiger partial charge is 0.497 e. The number of ether oxygens (including phenoxy) is 6. The van der Waals surface area contributed by atoms with Gasteiger partial charge in [0.1, 0.15) is 22.8 Å². The van der Waals surface area contributed by atoms with Crippen LogP contribution in [0.2, 0.25) is 0 Å². The van der Waals surface area contributed by atoms with Gasteiger partial charge in [0.2, 0.25) is 5.78 Å². The normalized spacial score (nSPS) is 17.4. The van der Waals surface area contributed by atoms with Gasteiger partial charge in [0.25, 0.3) is 0 Å². The van der Waals surface area contributed by atoms with Crippen molar-refractivity contribution < 1.29 is 42.8 Å². The highest BCUT2D eigenvalue weighted by Gasteiger charge is 2.35. The number of carbonyl (C=O) groups is 3. The zero-order valence-corrected chi connectivity index (χ0v) is 26.3. The number of aryl methyl sites for hydroxylation is 1. The molecule has 0 aliphatic carbocycles. The van der Waals surface area contributed by atoms with Crippen LogP contribution in [0.3, 0.4) is 0 Å². The van der Waals surface area contributed by atoms with Crippen LogP contribution in [-0.4, -0.2) is 118 Å². The number of amides is 2. The molecular weight excluding hydrogens is 596 g/mol. The van der Waals surface area contributed by atoms with Crippen LogP contribution >= 0.6 is 0 Å². The van der Waals surface area contributed by atoms with Gasteiger partial charge in [0, 0.05) is 67.5 Å². The number of morpholine rings is 2. The number of rotatable bonds is 8. The number of allylic oxidation sites excluding steroid dienone is 1. The first kappa shape index (κ1) is 31.4. The number of methoxy groups -OCH3 is 1. The second kappa shape index (κ2) is 13.8. The van der Waals surface area contributed by atoms with Crippen LogP contribution in [0.15, 0.2) is 42.3 Å². The van der Waals surface area contributed by atoms with Gasteiger partial charge in [-0.3, -0.25) is 4.79 Å². The summed E-state index contributed by atoms with van der Waals surface area (Å²) in [6.07, 6.45) is 3.38. The summed E-state index contributed by atoms with van der Waals surface area (Å²) < 4.78 is 35.8. The van der Waals surface area contributed by atoms with Crippen molar-refractivity contribution in [3.8, 4) is 23.0 Å². The molecule has 0 atom stereocenters. The molecule has 2 amide bonds. The lowest BCUT2D eigenvalue weighted by Gasteiger charge is -2.26. The molecule has 2 fully saturated rings. The molecule has 244 valence electrons. The van der Waals surface area contributed by atoms with E-state index in [4.69, 9.17) is 28.4 Å². The highest BCUT2D eigenvalue weighted by Crippen LogP contribution is 2.42. The first-order valence-electron chi connectivity index (χ1n) is 15.3. The quantitative estimate of drug-likeness (QED) is 0.338. The van der Waals surface area contributed by atoms with Crippen molar-refractivity contribution >= 4 is 34.9 Å². The Morgan fingerprint density at radius 1 is 0.913 bits per heavy atom. The molecule has 0 unspecified atom stereocenters. The summed E-state index contributed by atoms with van der Waals surface area (Å²) in [5.74, 6) is 0.425. The number of hydrogen-bond acceptors (Lipinski definition) is 10. The van der Waals surface area contributed by atoms with Crippen molar-refractivity contribution in [2.24, 2.45) is 0 Å². The van der Waals surface area contributed by atoms with Crippen molar-refractivity contribution in [3.63, 3.8) is 0 Å². The van der Waals surface area contributed by atoms with E-state index in [2.05, 4.69) is 9.47 Å². The van der Waals surface area contributed by atoms with E-state index in [1.807, 2.05) is 38.5 Å². The van der Waals surface area contributed by atoms with Crippen molar-refractivity contribution in [1.29, 1.82) is 0 Å². The third kappa shape index (κ3) is 6.81. The lowest BCUT2D eigenvalue weighted by atomic mass is 10.1. The van der Waals surface area contributed by atoms with E-state index in [1.165, 1.54) is 21.9 Å². The fourth-order valence-electron chi connectivity index (χ4n) is 5.64. The molecule has 46 heavy (non-hydrogen) atoms. The first-order valence-corrected chi connectivity index (χ1v) is 15.3. The number of Topliss-reactive ketones (excluding diaryl/α,β-unsaturated/α-hetero) is 1. The molecule has 3 aromatic rings. The maximum atomic E-state index is 13.9. The zero-order chi connectivity index (χ0) is 32.2. The van der Waals surface area contributed by atoms with Gasteiger partial charge in [-0.25, -0.2) is 9.59 Å². The summed E-state index contributed by atoms with van der Waals surface area (Å²) in [6, 6.07) is 8.67. The number of ketones is 1. The van der Waals surface area contributed by atoms with Crippen LogP contribution in [0.4, 0.5) is 9.59 Å². The molecule has 0 bridgehead atoms. The van der Waals surface area contributed by atoms with E-state index in [0.29, 0.717) is 58.4 Å². The predicted molar refractivity (Wildman–Crippen MR) is 168 cm³/mol. The summed E-state index contributed by atoms with van der Waals surface area (Å²) in [5.41, 5.74) is 1.83. The molecule has 0 saturated carbocycles. The Bertz CT molecular complexity index is 1650. The molecule has 6 rings (SSSR count). The molecule has 2 aromatic carbocycles. The number of hydrogen-bond donors (Lipinski definition) is 0. The Labute approximate surface area is 266 Å². The summed E-state index contributed by atoms with van der Waals surface area (Å²) in [7, 11) is 5.68. The molecular formula is C33H38N4O9. The zero-order valence-electron chi connectivity index (χ0n) is 26.3. The van der Waals surface area contributed by atoms with Crippen molar-refractivity contribution in [2.75, 3.05) is 80.4 Å². The highest BCUT2D eigenvalue weighted by atomic mass is 16.6. The maximum Gasteiger partial charge on any atom is 0.415 e. The van der Waals surface area contributed by atoms with E-state index in [-0.39, 0.29) is 28.6 Å². The fraction of sp³-hybridized carbons (Fsp3) is 0.424. The lowest BCUT2D eigenvalue weighted by molar-refractivity contribution is 0.0409. The topological polar surface area (TPSA) is 121 Å². The van der Waals surface area contributed by atoms with Gasteiger partial charge in [0.15, 0.2) is 11.5 Å². The third-order valence-corrected chi connectivity index (χ3v) is 8.06. The van der Waals surface area contributed by atoms with Crippen LogP contribution in [-0.2, 0) is 16.0 Å². The van der Waals surface area contributed by atoms with Crippen LogP contribution in [0, 0.1) is 0 Å². The Morgan fingerprint density at radius 3 is 2.24 bits per heavy atom. The molecule has 0 spiro atoms. The molecule has 2 saturated heterocycles. The molecule has 4 heterocycles. The fourth-order valence-corrected chi connectivity index (χ4v) is 5.64. The molecule has 1 aromatic heterocycles. The Morgan fingerprint density at radius 2 is 1.59 bits per heavy atom. The van der Waals surface area contributed by atoms with Crippen LogP contribution in [0.25, 0.3) is 17.0 Å². The molecule has 13 nitrogen and oxygen atoms in total. The van der Waals surface area contributed by atoms with Crippen LogP contribution in [0.1, 0.15) is 22.3 Å². The standard InChI is InChI=1S/C33H38N4O9/c1-34(2)7-4-8-37-21-22(25-18-23(41-3)5-6-26(25)37)17-29-31(38)30-27(45-29)19-24(44-32(39)35-9-13-42-14-10-35)20-28(30)46-33(40)36-11-15-43-16-12-36/h5-6,17-21H,4,7-16H2,1-3H3. The predicted octanol–water partition coefficient (Wildman–Crippen LogP) is 3.88. The van der Waals surface area contributed by atoms with Crippen LogP contribution in [0.5, 0.6) is 23.0 Å². The summed E-state index contributed by atoms with van der Waals surface area (Å²) >= 11 is 0. The minimum absolute atomic E-state index is 0.0467. The summed E-state index contributed by atoms with van der Waals surface area (Å²) in [4.78, 5) is 45.0. The van der Waals surface area contributed by atoms with Gasteiger partial charge in [0.05, 0.1) is 33.5 Å². The van der Waals surface area contributed by atoms with Gasteiger partial charge >= 0.3 is 12.2 Å². The third-order valence-electron chi connectivity index (χ3n) is 8.06. The van der Waals surface area contributed by atoms with Gasteiger partial charge in [-0.15, -0.1) is 0 Å². The molecule has 13 heteroatoms. The number of carbonyl (C=O) groups excluding carboxylic acids is 3. The minimum Gasteiger partial charge on any atom is -0.497 e. The van der Waals surface area contributed by atoms with Gasteiger partial charge < -0.3 is 47.7 Å². The van der Waals surface area contributed by atoms with Gasteiger partial charge in [-0.1, -0.05) is 0 Å². The van der Waals surface area contributed by atoms with Gasteiger partial charge in [-0.2, -0.15) is 0 Å². The SMILES string of the molecule is COc1ccc2c(c1)c(C=C1Oc3cc(OC(=O)N4CCOCC4)cc(OC(=O)N4CCOCC4)c3C1=O)cn2CCCN(C)C. The van der Waals surface area contributed by atoms with Crippen LogP contribution < -0.4 is 18.9 Å². The summed E-state index contributed by atoms with van der Waals surface area (Å²) in [6.45, 7) is 4.76. The molecule has 3 aliphatic rings. The second-order valence-corrected chi connectivity index (χ2v) is 11.5. The maximum absolute atomic E-state index is 13.9. The second-order valence-electron chi connectivity index (χ2n) is 11.5. The number of benzene rings is 2. The number of nitrogens with zero attached hydrogens (tertiary/aromatic N) is 4. The van der Waals surface area contributed by atoms with Crippen molar-refractivity contribution in [1.82, 2.24) is 19.3 Å². The lowest BCUT2D eigenvalue weighted by Crippen LogP contribution is -2.42. The van der Waals surface area contributed by atoms with Crippen molar-refractivity contribution in [3.05, 3.63) is 53.4 Å². The van der Waals surface area contributed by atoms with E-state index in [9.17, 15) is 14.4 Å². The number of aromatic nitrogens is 1. The Hall–Kier alpha value is -4.59. The van der Waals surface area contributed by atoms with Gasteiger partial charge in [-0.05, 0) is 51.3 Å². The molecule has 0 radical (unpaired) electrons. The summed E-state index contributed by atoms with van der Waals surface area (Å²) in [5, 5.41) is 0.892. The molecule has 0 N–H and O–H groups in total. The Kier molecular flexibility index (Phi) is 9.43. The monoisotopic (exact) mass is 634 g/mol. The van der Waals surface area contributed by atoms with Crippen molar-refractivity contribution in [2.45, 2.75) is 13.0 Å². The average molecular weight is 635 g/mol. The highest BCUT2D eigenvalue weighted by molar-refractivity contribution is 6.17. The molecule has 3 aliphatic heterocycles. The van der Waals surface area contributed by atoms with E-state index in [0.717, 1.165) is 36.0 Å². The Balaban J connectivity index is 1.34. The first-order chi connectivity index (χ1) is 22.3. The van der Waals surface area contributed by atoms with E-state index < -0.39 is 18.0 Å².